The summed E-state index contributed by atoms with van der Waals surface area (Å²) in [5.41, 5.74) is 7.40. The topological polar surface area (TPSA) is 98.5 Å². The van der Waals surface area contributed by atoms with E-state index in [-0.39, 0.29) is 9.77 Å². The SMILES string of the molecule is COC(=O)c1sccc1S(=O)(=O)Nc1ccc(N)c(C)c1. The number of methoxy groups -OCH3 is 1. The average molecular weight is 326 g/mol. The lowest BCUT2D eigenvalue weighted by molar-refractivity contribution is 0.0602. The number of hydrogen-bond acceptors (Lipinski definition) is 6. The third-order valence-corrected chi connectivity index (χ3v) is 5.26. The minimum absolute atomic E-state index is 0.0390. The van der Waals surface area contributed by atoms with Gasteiger partial charge in [-0.2, -0.15) is 0 Å². The summed E-state index contributed by atoms with van der Waals surface area (Å²) in [6.45, 7) is 1.78. The maximum absolute atomic E-state index is 12.4. The van der Waals surface area contributed by atoms with E-state index in [1.165, 1.54) is 18.6 Å². The molecule has 2 aromatic rings. The van der Waals surface area contributed by atoms with Gasteiger partial charge < -0.3 is 10.5 Å². The zero-order chi connectivity index (χ0) is 15.6. The maximum atomic E-state index is 12.4. The molecule has 0 spiro atoms. The summed E-state index contributed by atoms with van der Waals surface area (Å²) in [7, 11) is -2.66. The molecule has 1 heterocycles. The standard InChI is InChI=1S/C13H14N2O4S2/c1-8-7-9(3-4-10(8)14)15-21(17,18)11-5-6-20-12(11)13(16)19-2/h3-7,15H,14H2,1-2H3. The van der Waals surface area contributed by atoms with Crippen LogP contribution in [0, 0.1) is 6.92 Å². The molecule has 0 aliphatic carbocycles. The Bertz CT molecular complexity index is 781. The summed E-state index contributed by atoms with van der Waals surface area (Å²) in [6, 6.07) is 6.16. The number of esters is 1. The second kappa shape index (κ2) is 5.74. The Kier molecular flexibility index (Phi) is 4.19. The van der Waals surface area contributed by atoms with Crippen molar-refractivity contribution in [3.8, 4) is 0 Å². The highest BCUT2D eigenvalue weighted by Crippen LogP contribution is 2.26. The van der Waals surface area contributed by atoms with E-state index in [0.717, 1.165) is 16.9 Å². The monoisotopic (exact) mass is 326 g/mol. The molecule has 8 heteroatoms. The van der Waals surface area contributed by atoms with Gasteiger partial charge in [0, 0.05) is 11.4 Å². The van der Waals surface area contributed by atoms with Crippen LogP contribution in [0.4, 0.5) is 11.4 Å². The van der Waals surface area contributed by atoms with E-state index in [0.29, 0.717) is 11.4 Å². The van der Waals surface area contributed by atoms with Gasteiger partial charge in [-0.15, -0.1) is 11.3 Å². The molecule has 0 fully saturated rings. The van der Waals surface area contributed by atoms with Gasteiger partial charge in [0.05, 0.1) is 7.11 Å². The average Bonchev–Trinajstić information content (AvgIpc) is 2.92. The van der Waals surface area contributed by atoms with Gasteiger partial charge >= 0.3 is 5.97 Å². The first-order chi connectivity index (χ1) is 9.85. The van der Waals surface area contributed by atoms with Crippen molar-refractivity contribution < 1.29 is 17.9 Å². The summed E-state index contributed by atoms with van der Waals surface area (Å²) in [6.07, 6.45) is 0. The molecule has 3 N–H and O–H groups in total. The van der Waals surface area contributed by atoms with Crippen LogP contribution in [0.15, 0.2) is 34.5 Å². The number of nitrogen functional groups attached to an aromatic ring is 1. The molecular formula is C13H14N2O4S2. The van der Waals surface area contributed by atoms with Gasteiger partial charge in [-0.3, -0.25) is 4.72 Å². The molecule has 0 bridgehead atoms. The first-order valence-corrected chi connectivity index (χ1v) is 8.26. The fraction of sp³-hybridized carbons (Fsp3) is 0.154. The number of thiophene rings is 1. The second-order valence-corrected chi connectivity index (χ2v) is 6.85. The third-order valence-electron chi connectivity index (χ3n) is 2.81. The number of benzene rings is 1. The van der Waals surface area contributed by atoms with E-state index in [9.17, 15) is 13.2 Å². The van der Waals surface area contributed by atoms with Crippen LogP contribution in [0.2, 0.25) is 0 Å². The van der Waals surface area contributed by atoms with E-state index in [1.54, 1.807) is 25.1 Å². The van der Waals surface area contributed by atoms with Crippen molar-refractivity contribution in [2.45, 2.75) is 11.8 Å². The summed E-state index contributed by atoms with van der Waals surface area (Å²) < 4.78 is 31.7. The first kappa shape index (κ1) is 15.3. The Morgan fingerprint density at radius 2 is 2.05 bits per heavy atom. The van der Waals surface area contributed by atoms with Gasteiger partial charge in [0.15, 0.2) is 0 Å². The fourth-order valence-corrected chi connectivity index (χ4v) is 4.09. The van der Waals surface area contributed by atoms with Crippen LogP contribution in [0.1, 0.15) is 15.2 Å². The van der Waals surface area contributed by atoms with Crippen molar-refractivity contribution in [3.63, 3.8) is 0 Å². The summed E-state index contributed by atoms with van der Waals surface area (Å²) in [5, 5.41) is 1.52. The molecule has 2 rings (SSSR count). The van der Waals surface area contributed by atoms with Crippen molar-refractivity contribution in [3.05, 3.63) is 40.1 Å². The molecule has 1 aromatic heterocycles. The van der Waals surface area contributed by atoms with Crippen LogP contribution in [0.25, 0.3) is 0 Å². The van der Waals surface area contributed by atoms with Crippen LogP contribution in [-0.2, 0) is 14.8 Å². The van der Waals surface area contributed by atoms with Gasteiger partial charge in [-0.05, 0) is 42.1 Å². The van der Waals surface area contributed by atoms with Gasteiger partial charge in [-0.25, -0.2) is 13.2 Å². The molecule has 0 radical (unpaired) electrons. The van der Waals surface area contributed by atoms with Crippen molar-refractivity contribution >= 4 is 38.7 Å². The molecule has 0 saturated heterocycles. The molecule has 0 aliphatic heterocycles. The minimum atomic E-state index is -3.87. The second-order valence-electron chi connectivity index (χ2n) is 4.28. The summed E-state index contributed by atoms with van der Waals surface area (Å²) in [4.78, 5) is 11.5. The zero-order valence-electron chi connectivity index (χ0n) is 11.4. The van der Waals surface area contributed by atoms with Gasteiger partial charge in [0.2, 0.25) is 0 Å². The van der Waals surface area contributed by atoms with E-state index >= 15 is 0 Å². The molecule has 0 atom stereocenters. The number of rotatable bonds is 4. The maximum Gasteiger partial charge on any atom is 0.349 e. The lowest BCUT2D eigenvalue weighted by atomic mass is 10.2. The Labute approximate surface area is 126 Å². The molecule has 0 amide bonds. The van der Waals surface area contributed by atoms with Crippen LogP contribution < -0.4 is 10.5 Å². The number of anilines is 2. The highest BCUT2D eigenvalue weighted by molar-refractivity contribution is 7.93. The molecule has 0 unspecified atom stereocenters. The van der Waals surface area contributed by atoms with E-state index < -0.39 is 16.0 Å². The Balaban J connectivity index is 2.37. The Morgan fingerprint density at radius 3 is 2.67 bits per heavy atom. The normalized spacial score (nSPS) is 11.1. The number of sulfonamides is 1. The lowest BCUT2D eigenvalue weighted by Gasteiger charge is -2.09. The van der Waals surface area contributed by atoms with Crippen molar-refractivity contribution in [2.24, 2.45) is 0 Å². The van der Waals surface area contributed by atoms with Gasteiger partial charge in [-0.1, -0.05) is 0 Å². The summed E-state index contributed by atoms with van der Waals surface area (Å²) >= 11 is 1.01. The predicted molar refractivity (Wildman–Crippen MR) is 82.1 cm³/mol. The number of ether oxygens (including phenoxy) is 1. The summed E-state index contributed by atoms with van der Waals surface area (Å²) in [5.74, 6) is -0.682. The largest absolute Gasteiger partial charge is 0.465 e. The highest BCUT2D eigenvalue weighted by Gasteiger charge is 2.24. The van der Waals surface area contributed by atoms with Crippen molar-refractivity contribution in [1.82, 2.24) is 0 Å². The highest BCUT2D eigenvalue weighted by atomic mass is 32.2. The predicted octanol–water partition coefficient (Wildman–Crippen LogP) is 2.23. The van der Waals surface area contributed by atoms with Gasteiger partial charge in [0.25, 0.3) is 10.0 Å². The molecule has 112 valence electrons. The number of nitrogens with two attached hydrogens (primary N) is 1. The van der Waals surface area contributed by atoms with Crippen molar-refractivity contribution in [1.29, 1.82) is 0 Å². The van der Waals surface area contributed by atoms with Crippen LogP contribution >= 0.6 is 11.3 Å². The fourth-order valence-electron chi connectivity index (χ4n) is 1.70. The molecule has 0 saturated carbocycles. The molecule has 1 aromatic carbocycles. The lowest BCUT2D eigenvalue weighted by Crippen LogP contribution is -2.15. The van der Waals surface area contributed by atoms with E-state index in [2.05, 4.69) is 9.46 Å². The molecule has 0 aliphatic rings. The number of hydrogen-bond donors (Lipinski definition) is 2. The molecule has 6 nitrogen and oxygen atoms in total. The molecular weight excluding hydrogens is 312 g/mol. The van der Waals surface area contributed by atoms with E-state index in [4.69, 9.17) is 5.73 Å². The van der Waals surface area contributed by atoms with Gasteiger partial charge in [0.1, 0.15) is 9.77 Å². The molecule has 21 heavy (non-hydrogen) atoms. The zero-order valence-corrected chi connectivity index (χ0v) is 13.0. The number of aryl methyl sites for hydroxylation is 1. The smallest absolute Gasteiger partial charge is 0.349 e. The minimum Gasteiger partial charge on any atom is -0.465 e. The Hall–Kier alpha value is -2.06. The van der Waals surface area contributed by atoms with Crippen LogP contribution in [0.3, 0.4) is 0 Å². The number of nitrogens with one attached hydrogen (secondary N) is 1. The van der Waals surface area contributed by atoms with Crippen molar-refractivity contribution in [2.75, 3.05) is 17.6 Å². The van der Waals surface area contributed by atoms with Crippen LogP contribution in [-0.4, -0.2) is 21.5 Å². The van der Waals surface area contributed by atoms with E-state index in [1.807, 2.05) is 0 Å². The third kappa shape index (κ3) is 3.17. The number of carbonyl (C=O) groups is 1. The first-order valence-electron chi connectivity index (χ1n) is 5.90. The number of carbonyl (C=O) groups excluding carboxylic acids is 1. The van der Waals surface area contributed by atoms with Crippen LogP contribution in [0.5, 0.6) is 0 Å². The quantitative estimate of drug-likeness (QED) is 0.663. The Morgan fingerprint density at radius 1 is 1.33 bits per heavy atom.